The van der Waals surface area contributed by atoms with Crippen LogP contribution in [0.15, 0.2) is 30.5 Å². The van der Waals surface area contributed by atoms with Gasteiger partial charge in [-0.15, -0.1) is 0 Å². The zero-order valence-corrected chi connectivity index (χ0v) is 11.9. The van der Waals surface area contributed by atoms with Gasteiger partial charge in [0.15, 0.2) is 0 Å². The third kappa shape index (κ3) is 2.85. The van der Waals surface area contributed by atoms with E-state index in [4.69, 9.17) is 12.2 Å². The van der Waals surface area contributed by atoms with Gasteiger partial charge in [0.2, 0.25) is 0 Å². The molecule has 1 atom stereocenters. The standard InChI is InChI=1S/C15H13F3N2S/c16-15(17,18)10-7-12(20-13(21)8-10)11-5-1-3-9-4-2-6-19-14(9)11/h2,4,6-8,11H,1,3,5H2,(H,20,21). The number of rotatable bonds is 1. The summed E-state index contributed by atoms with van der Waals surface area (Å²) in [4.78, 5) is 7.27. The number of hydrogen-bond acceptors (Lipinski definition) is 2. The molecule has 0 aliphatic heterocycles. The van der Waals surface area contributed by atoms with Crippen LogP contribution < -0.4 is 0 Å². The van der Waals surface area contributed by atoms with Crippen molar-refractivity contribution in [1.29, 1.82) is 0 Å². The van der Waals surface area contributed by atoms with Gasteiger partial charge in [0.1, 0.15) is 4.64 Å². The fourth-order valence-electron chi connectivity index (χ4n) is 2.83. The Morgan fingerprint density at radius 3 is 2.86 bits per heavy atom. The molecule has 1 N–H and O–H groups in total. The number of nitrogens with one attached hydrogen (secondary N) is 1. The fourth-order valence-corrected chi connectivity index (χ4v) is 3.07. The van der Waals surface area contributed by atoms with E-state index in [9.17, 15) is 13.2 Å². The molecule has 0 fully saturated rings. The second-order valence-electron chi connectivity index (χ2n) is 5.18. The lowest BCUT2D eigenvalue weighted by atomic mass is 9.84. The molecule has 0 saturated carbocycles. The molecule has 0 spiro atoms. The van der Waals surface area contributed by atoms with E-state index in [1.807, 2.05) is 12.1 Å². The average molecular weight is 310 g/mol. The number of H-pyrrole nitrogens is 1. The molecular weight excluding hydrogens is 297 g/mol. The minimum atomic E-state index is -4.39. The molecule has 2 heterocycles. The fraction of sp³-hybridized carbons (Fsp3) is 0.333. The first-order valence-corrected chi connectivity index (χ1v) is 7.11. The number of halogens is 3. The quantitative estimate of drug-likeness (QED) is 0.778. The Kier molecular flexibility index (Phi) is 3.57. The number of aromatic nitrogens is 2. The van der Waals surface area contributed by atoms with Crippen LogP contribution in [0.3, 0.4) is 0 Å². The number of aromatic amines is 1. The van der Waals surface area contributed by atoms with Crippen LogP contribution >= 0.6 is 12.2 Å². The van der Waals surface area contributed by atoms with Crippen molar-refractivity contribution in [2.75, 3.05) is 0 Å². The summed E-state index contributed by atoms with van der Waals surface area (Å²) in [6, 6.07) is 5.96. The summed E-state index contributed by atoms with van der Waals surface area (Å²) in [5, 5.41) is 0. The van der Waals surface area contributed by atoms with E-state index in [1.165, 1.54) is 0 Å². The second kappa shape index (κ2) is 5.26. The lowest BCUT2D eigenvalue weighted by Gasteiger charge is -2.25. The van der Waals surface area contributed by atoms with Gasteiger partial charge in [-0.25, -0.2) is 0 Å². The van der Waals surface area contributed by atoms with Gasteiger partial charge < -0.3 is 4.98 Å². The van der Waals surface area contributed by atoms with Crippen LogP contribution in [-0.2, 0) is 12.6 Å². The van der Waals surface area contributed by atoms with Crippen molar-refractivity contribution in [1.82, 2.24) is 9.97 Å². The van der Waals surface area contributed by atoms with Gasteiger partial charge in [-0.1, -0.05) is 18.3 Å². The third-order valence-electron chi connectivity index (χ3n) is 3.76. The van der Waals surface area contributed by atoms with Crippen LogP contribution in [-0.4, -0.2) is 9.97 Å². The smallest absolute Gasteiger partial charge is 0.349 e. The highest BCUT2D eigenvalue weighted by molar-refractivity contribution is 7.71. The van der Waals surface area contributed by atoms with Crippen LogP contribution in [0.2, 0.25) is 0 Å². The number of aryl methyl sites for hydroxylation is 1. The van der Waals surface area contributed by atoms with Gasteiger partial charge in [0.25, 0.3) is 0 Å². The predicted molar refractivity (Wildman–Crippen MR) is 75.6 cm³/mol. The van der Waals surface area contributed by atoms with E-state index in [-0.39, 0.29) is 10.6 Å². The molecule has 21 heavy (non-hydrogen) atoms. The highest BCUT2D eigenvalue weighted by Gasteiger charge is 2.32. The lowest BCUT2D eigenvalue weighted by Crippen LogP contribution is -2.15. The number of nitrogens with zero attached hydrogens (tertiary/aromatic N) is 1. The van der Waals surface area contributed by atoms with E-state index in [0.717, 1.165) is 42.7 Å². The highest BCUT2D eigenvalue weighted by atomic mass is 32.1. The maximum Gasteiger partial charge on any atom is 0.416 e. The number of alkyl halides is 3. The molecule has 2 nitrogen and oxygen atoms in total. The third-order valence-corrected chi connectivity index (χ3v) is 3.98. The topological polar surface area (TPSA) is 28.7 Å². The Morgan fingerprint density at radius 1 is 1.29 bits per heavy atom. The SMILES string of the molecule is FC(F)(F)c1cc(C2CCCc3cccnc32)[nH]c(=S)c1. The van der Waals surface area contributed by atoms with Gasteiger partial charge >= 0.3 is 6.18 Å². The zero-order valence-electron chi connectivity index (χ0n) is 11.1. The monoisotopic (exact) mass is 310 g/mol. The van der Waals surface area contributed by atoms with E-state index in [0.29, 0.717) is 5.69 Å². The van der Waals surface area contributed by atoms with Gasteiger partial charge in [-0.2, -0.15) is 13.2 Å². The number of fused-ring (bicyclic) bond motifs is 1. The number of pyridine rings is 2. The summed E-state index contributed by atoms with van der Waals surface area (Å²) in [7, 11) is 0. The maximum atomic E-state index is 12.9. The molecule has 110 valence electrons. The number of hydrogen-bond donors (Lipinski definition) is 1. The molecule has 0 bridgehead atoms. The molecule has 1 aliphatic carbocycles. The largest absolute Gasteiger partial charge is 0.416 e. The maximum absolute atomic E-state index is 12.9. The molecule has 0 aromatic carbocycles. The Hall–Kier alpha value is -1.69. The summed E-state index contributed by atoms with van der Waals surface area (Å²) in [5.74, 6) is -0.154. The Balaban J connectivity index is 2.10. The minimum absolute atomic E-state index is 0.0999. The molecule has 1 aliphatic rings. The molecule has 2 aromatic heterocycles. The molecule has 2 aromatic rings. The summed E-state index contributed by atoms with van der Waals surface area (Å²) in [5.41, 5.74) is 1.75. The van der Waals surface area contributed by atoms with Crippen molar-refractivity contribution < 1.29 is 13.2 Å². The molecule has 0 saturated heterocycles. The molecule has 0 radical (unpaired) electrons. The van der Waals surface area contributed by atoms with Crippen LogP contribution in [0.4, 0.5) is 13.2 Å². The molecular formula is C15H13F3N2S. The molecule has 6 heteroatoms. The van der Waals surface area contributed by atoms with Crippen molar-refractivity contribution in [3.8, 4) is 0 Å². The Labute approximate surface area is 125 Å². The van der Waals surface area contributed by atoms with Gasteiger partial charge in [0, 0.05) is 17.8 Å². The van der Waals surface area contributed by atoms with Crippen molar-refractivity contribution >= 4 is 12.2 Å². The van der Waals surface area contributed by atoms with Gasteiger partial charge in [-0.3, -0.25) is 4.98 Å². The summed E-state index contributed by atoms with van der Waals surface area (Å²) >= 11 is 4.95. The first kappa shape index (κ1) is 14.3. The zero-order chi connectivity index (χ0) is 15.0. The van der Waals surface area contributed by atoms with Gasteiger partial charge in [-0.05, 0) is 43.0 Å². The van der Waals surface area contributed by atoms with E-state index in [1.54, 1.807) is 6.20 Å². The summed E-state index contributed by atoms with van der Waals surface area (Å²) in [6.07, 6.45) is -0.0887. The van der Waals surface area contributed by atoms with Crippen LogP contribution in [0.5, 0.6) is 0 Å². The van der Waals surface area contributed by atoms with Crippen molar-refractivity contribution in [3.63, 3.8) is 0 Å². The van der Waals surface area contributed by atoms with Crippen molar-refractivity contribution in [3.05, 3.63) is 57.6 Å². The predicted octanol–water partition coefficient (Wildman–Crippen LogP) is 4.63. The Bertz CT molecular complexity index is 721. The van der Waals surface area contributed by atoms with Crippen LogP contribution in [0.1, 0.15) is 41.3 Å². The van der Waals surface area contributed by atoms with Crippen molar-refractivity contribution in [2.24, 2.45) is 0 Å². The minimum Gasteiger partial charge on any atom is -0.349 e. The highest BCUT2D eigenvalue weighted by Crippen LogP contribution is 2.37. The normalized spacial score (nSPS) is 18.3. The van der Waals surface area contributed by atoms with Gasteiger partial charge in [0.05, 0.1) is 11.3 Å². The Morgan fingerprint density at radius 2 is 2.10 bits per heavy atom. The van der Waals surface area contributed by atoms with Crippen molar-refractivity contribution in [2.45, 2.75) is 31.4 Å². The average Bonchev–Trinajstić information content (AvgIpc) is 2.45. The van der Waals surface area contributed by atoms with Crippen LogP contribution in [0.25, 0.3) is 0 Å². The first-order chi connectivity index (χ1) is 9.95. The molecule has 3 rings (SSSR count). The lowest BCUT2D eigenvalue weighted by molar-refractivity contribution is -0.137. The van der Waals surface area contributed by atoms with E-state index in [2.05, 4.69) is 9.97 Å². The van der Waals surface area contributed by atoms with E-state index < -0.39 is 11.7 Å². The molecule has 1 unspecified atom stereocenters. The first-order valence-electron chi connectivity index (χ1n) is 6.70. The summed E-state index contributed by atoms with van der Waals surface area (Å²) < 4.78 is 38.9. The van der Waals surface area contributed by atoms with E-state index >= 15 is 0 Å². The molecule has 0 amide bonds. The van der Waals surface area contributed by atoms with Crippen LogP contribution in [0, 0.1) is 4.64 Å². The second-order valence-corrected chi connectivity index (χ2v) is 5.62. The summed E-state index contributed by atoms with van der Waals surface area (Å²) in [6.45, 7) is 0.